The van der Waals surface area contributed by atoms with Crippen LogP contribution in [0.2, 0.25) is 0 Å². The Morgan fingerprint density at radius 1 is 0.654 bits per heavy atom. The smallest absolute Gasteiger partial charge is 0.225 e. The van der Waals surface area contributed by atoms with E-state index in [1.165, 1.54) is 32.7 Å². The van der Waals surface area contributed by atoms with Crippen molar-refractivity contribution >= 4 is 38.4 Å². The van der Waals surface area contributed by atoms with Gasteiger partial charge in [0.1, 0.15) is 0 Å². The number of rotatable bonds is 5. The second-order valence-electron chi connectivity index (χ2n) is 6.69. The van der Waals surface area contributed by atoms with Gasteiger partial charge in [0, 0.05) is 5.92 Å². The molecule has 0 amide bonds. The molecule has 0 saturated heterocycles. The third kappa shape index (κ3) is 3.36. The van der Waals surface area contributed by atoms with E-state index >= 15 is 0 Å². The van der Waals surface area contributed by atoms with Gasteiger partial charge in [0.25, 0.3) is 0 Å². The standard InChI is InChI=1S/C24H19ClO/c25-24(26)21(15-19-11-5-9-17-7-1-3-13-22(17)19)16-20-12-6-10-18-8-2-4-14-23(18)20/h1-14,21H,15-16H2. The van der Waals surface area contributed by atoms with Crippen molar-refractivity contribution in [3.63, 3.8) is 0 Å². The van der Waals surface area contributed by atoms with Crippen LogP contribution in [0.15, 0.2) is 84.9 Å². The number of carbonyl (C=O) groups excluding carboxylic acids is 1. The minimum absolute atomic E-state index is 0.242. The van der Waals surface area contributed by atoms with Gasteiger partial charge in [-0.1, -0.05) is 84.9 Å². The molecule has 0 radical (unpaired) electrons. The molecule has 0 spiro atoms. The van der Waals surface area contributed by atoms with Crippen LogP contribution in [0.4, 0.5) is 0 Å². The monoisotopic (exact) mass is 358 g/mol. The third-order valence-corrected chi connectivity index (χ3v) is 5.32. The van der Waals surface area contributed by atoms with E-state index in [1.807, 2.05) is 36.4 Å². The summed E-state index contributed by atoms with van der Waals surface area (Å²) in [4.78, 5) is 12.2. The van der Waals surface area contributed by atoms with Crippen LogP contribution in [0.25, 0.3) is 21.5 Å². The highest BCUT2D eigenvalue weighted by Gasteiger charge is 2.19. The van der Waals surface area contributed by atoms with Crippen LogP contribution in [-0.4, -0.2) is 5.24 Å². The average molecular weight is 359 g/mol. The molecule has 0 aliphatic rings. The van der Waals surface area contributed by atoms with Crippen molar-refractivity contribution in [3.8, 4) is 0 Å². The van der Waals surface area contributed by atoms with Gasteiger partial charge in [-0.3, -0.25) is 4.79 Å². The first kappa shape index (κ1) is 16.8. The molecular formula is C24H19ClO. The molecule has 4 aromatic rings. The SMILES string of the molecule is O=C(Cl)C(Cc1cccc2ccccc12)Cc1cccc2ccccc12. The molecule has 0 saturated carbocycles. The Bertz CT molecular complexity index is 992. The maximum absolute atomic E-state index is 12.2. The average Bonchev–Trinajstić information content (AvgIpc) is 2.68. The molecule has 26 heavy (non-hydrogen) atoms. The molecule has 128 valence electrons. The van der Waals surface area contributed by atoms with Crippen LogP contribution in [0.3, 0.4) is 0 Å². The van der Waals surface area contributed by atoms with Gasteiger partial charge in [0.2, 0.25) is 5.24 Å². The van der Waals surface area contributed by atoms with Crippen molar-refractivity contribution in [1.29, 1.82) is 0 Å². The molecule has 0 N–H and O–H groups in total. The summed E-state index contributed by atoms with van der Waals surface area (Å²) < 4.78 is 0. The molecule has 2 heteroatoms. The fourth-order valence-electron chi connectivity index (χ4n) is 3.70. The molecule has 0 aromatic heterocycles. The van der Waals surface area contributed by atoms with Gasteiger partial charge in [0.15, 0.2) is 0 Å². The van der Waals surface area contributed by atoms with Crippen LogP contribution >= 0.6 is 11.6 Å². The van der Waals surface area contributed by atoms with Gasteiger partial charge in [-0.05, 0) is 57.1 Å². The van der Waals surface area contributed by atoms with E-state index < -0.39 is 0 Å². The largest absolute Gasteiger partial charge is 0.281 e. The molecular weight excluding hydrogens is 340 g/mol. The summed E-state index contributed by atoms with van der Waals surface area (Å²) >= 11 is 6.01. The lowest BCUT2D eigenvalue weighted by Crippen LogP contribution is -2.15. The van der Waals surface area contributed by atoms with E-state index in [0.29, 0.717) is 12.8 Å². The first-order chi connectivity index (χ1) is 12.7. The Morgan fingerprint density at radius 2 is 1.08 bits per heavy atom. The van der Waals surface area contributed by atoms with Crippen molar-refractivity contribution in [3.05, 3.63) is 96.1 Å². The van der Waals surface area contributed by atoms with Gasteiger partial charge in [-0.15, -0.1) is 0 Å². The maximum atomic E-state index is 12.2. The highest BCUT2D eigenvalue weighted by Crippen LogP contribution is 2.27. The zero-order valence-corrected chi connectivity index (χ0v) is 15.1. The van der Waals surface area contributed by atoms with Crippen LogP contribution < -0.4 is 0 Å². The summed E-state index contributed by atoms with van der Waals surface area (Å²) in [6, 6.07) is 29.0. The van der Waals surface area contributed by atoms with Gasteiger partial charge in [-0.25, -0.2) is 0 Å². The van der Waals surface area contributed by atoms with Crippen molar-refractivity contribution < 1.29 is 4.79 Å². The number of hydrogen-bond acceptors (Lipinski definition) is 1. The lowest BCUT2D eigenvalue weighted by molar-refractivity contribution is -0.115. The lowest BCUT2D eigenvalue weighted by atomic mass is 9.89. The molecule has 0 fully saturated rings. The van der Waals surface area contributed by atoms with Gasteiger partial charge in [0.05, 0.1) is 0 Å². The predicted molar refractivity (Wildman–Crippen MR) is 110 cm³/mol. The molecule has 0 unspecified atom stereocenters. The highest BCUT2D eigenvalue weighted by molar-refractivity contribution is 6.64. The van der Waals surface area contributed by atoms with E-state index in [0.717, 1.165) is 0 Å². The summed E-state index contributed by atoms with van der Waals surface area (Å²) in [7, 11) is 0. The maximum Gasteiger partial charge on any atom is 0.225 e. The fraction of sp³-hybridized carbons (Fsp3) is 0.125. The van der Waals surface area contributed by atoms with E-state index in [4.69, 9.17) is 11.6 Å². The zero-order chi connectivity index (χ0) is 17.9. The number of benzene rings is 4. The Hall–Kier alpha value is -2.64. The van der Waals surface area contributed by atoms with Crippen molar-refractivity contribution in [2.75, 3.05) is 0 Å². The van der Waals surface area contributed by atoms with Crippen LogP contribution in [0.1, 0.15) is 11.1 Å². The first-order valence-electron chi connectivity index (χ1n) is 8.85. The topological polar surface area (TPSA) is 17.1 Å². The Labute approximate surface area is 158 Å². The van der Waals surface area contributed by atoms with E-state index in [2.05, 4.69) is 48.5 Å². The molecule has 0 heterocycles. The van der Waals surface area contributed by atoms with Crippen molar-refractivity contribution in [1.82, 2.24) is 0 Å². The minimum atomic E-state index is -0.272. The van der Waals surface area contributed by atoms with Gasteiger partial charge < -0.3 is 0 Å². The number of carbonyl (C=O) groups is 1. The number of fused-ring (bicyclic) bond motifs is 2. The Morgan fingerprint density at radius 3 is 1.54 bits per heavy atom. The van der Waals surface area contributed by atoms with E-state index in [9.17, 15) is 4.79 Å². The van der Waals surface area contributed by atoms with Crippen molar-refractivity contribution in [2.24, 2.45) is 5.92 Å². The lowest BCUT2D eigenvalue weighted by Gasteiger charge is -2.16. The molecule has 0 aliphatic carbocycles. The van der Waals surface area contributed by atoms with Crippen LogP contribution in [-0.2, 0) is 17.6 Å². The summed E-state index contributed by atoms with van der Waals surface area (Å²) in [5, 5.41) is 4.49. The van der Waals surface area contributed by atoms with Gasteiger partial charge >= 0.3 is 0 Å². The number of hydrogen-bond donors (Lipinski definition) is 0. The predicted octanol–water partition coefficient (Wildman–Crippen LogP) is 6.16. The van der Waals surface area contributed by atoms with Gasteiger partial charge in [-0.2, -0.15) is 0 Å². The summed E-state index contributed by atoms with van der Waals surface area (Å²) in [6.45, 7) is 0. The van der Waals surface area contributed by atoms with E-state index in [-0.39, 0.29) is 11.2 Å². The second kappa shape index (κ2) is 7.31. The van der Waals surface area contributed by atoms with Crippen molar-refractivity contribution in [2.45, 2.75) is 12.8 Å². The summed E-state index contributed by atoms with van der Waals surface area (Å²) in [5.41, 5.74) is 2.34. The molecule has 0 aliphatic heterocycles. The van der Waals surface area contributed by atoms with E-state index in [1.54, 1.807) is 0 Å². The Kier molecular flexibility index (Phi) is 4.73. The highest BCUT2D eigenvalue weighted by atomic mass is 35.5. The third-order valence-electron chi connectivity index (χ3n) is 5.01. The normalized spacial score (nSPS) is 11.3. The molecule has 0 bridgehead atoms. The zero-order valence-electron chi connectivity index (χ0n) is 14.4. The first-order valence-corrected chi connectivity index (χ1v) is 9.23. The molecule has 1 nitrogen and oxygen atoms in total. The molecule has 4 rings (SSSR count). The molecule has 0 atom stereocenters. The van der Waals surface area contributed by atoms with Crippen LogP contribution in [0.5, 0.6) is 0 Å². The quantitative estimate of drug-likeness (QED) is 0.390. The summed E-state index contributed by atoms with van der Waals surface area (Å²) in [6.07, 6.45) is 1.29. The van der Waals surface area contributed by atoms with Crippen LogP contribution in [0, 0.1) is 5.92 Å². The number of halogens is 1. The minimum Gasteiger partial charge on any atom is -0.281 e. The summed E-state index contributed by atoms with van der Waals surface area (Å²) in [5.74, 6) is -0.242. The molecule has 4 aromatic carbocycles. The fourth-order valence-corrected chi connectivity index (χ4v) is 3.86. The second-order valence-corrected chi connectivity index (χ2v) is 7.06. The Balaban J connectivity index is 1.69.